The van der Waals surface area contributed by atoms with Crippen LogP contribution in [0.1, 0.15) is 122 Å². The minimum atomic E-state index is 0.673. The van der Waals surface area contributed by atoms with E-state index in [1.54, 1.807) is 7.28 Å². The second kappa shape index (κ2) is 10.8. The van der Waals surface area contributed by atoms with Crippen LogP contribution in [0.3, 0.4) is 0 Å². The molecule has 2 aliphatic rings. The maximum Gasteiger partial charge on any atom is 0.131 e. The first-order valence-electron chi connectivity index (χ1n) is 10.8. The van der Waals surface area contributed by atoms with Crippen LogP contribution in [0.15, 0.2) is 0 Å². The first-order chi connectivity index (χ1) is 10.8. The quantitative estimate of drug-likeness (QED) is 0.465. The van der Waals surface area contributed by atoms with Gasteiger partial charge in [0.2, 0.25) is 0 Å². The first kappa shape index (κ1) is 18.4. The van der Waals surface area contributed by atoms with E-state index in [0.29, 0.717) is 5.31 Å². The Morgan fingerprint density at radius 1 is 0.545 bits per heavy atom. The third kappa shape index (κ3) is 7.56. The van der Waals surface area contributed by atoms with Gasteiger partial charge in [-0.2, -0.15) is 0 Å². The highest BCUT2D eigenvalue weighted by Crippen LogP contribution is 2.43. The van der Waals surface area contributed by atoms with Crippen molar-refractivity contribution in [1.82, 2.24) is 0 Å². The minimum absolute atomic E-state index is 0.673. The molecule has 1 heteroatoms. The summed E-state index contributed by atoms with van der Waals surface area (Å²) in [4.78, 5) is 0. The third-order valence-corrected chi connectivity index (χ3v) is 6.57. The van der Waals surface area contributed by atoms with E-state index in [1.807, 2.05) is 0 Å². The van der Waals surface area contributed by atoms with E-state index in [9.17, 15) is 0 Å². The normalized spacial score (nSPS) is 27.0. The first-order valence-corrected chi connectivity index (χ1v) is 10.8. The van der Waals surface area contributed by atoms with Crippen molar-refractivity contribution >= 4 is 7.28 Å². The lowest BCUT2D eigenvalue weighted by Gasteiger charge is -2.34. The predicted molar refractivity (Wildman–Crippen MR) is 102 cm³/mol. The van der Waals surface area contributed by atoms with Crippen molar-refractivity contribution in [3.8, 4) is 0 Å². The van der Waals surface area contributed by atoms with Gasteiger partial charge in [0.1, 0.15) is 7.28 Å². The summed E-state index contributed by atoms with van der Waals surface area (Å²) in [7, 11) is 1.55. The van der Waals surface area contributed by atoms with Gasteiger partial charge in [0.15, 0.2) is 0 Å². The summed E-state index contributed by atoms with van der Waals surface area (Å²) in [5.74, 6) is 1.05. The molecular formula is C21H41B. The SMILES string of the molecule is CC1(BC2CCCCCCCCC2)CCCCCCCCC1. The second-order valence-electron chi connectivity index (χ2n) is 8.91. The molecule has 0 aliphatic heterocycles. The van der Waals surface area contributed by atoms with E-state index >= 15 is 0 Å². The zero-order valence-corrected chi connectivity index (χ0v) is 15.5. The Morgan fingerprint density at radius 2 is 0.909 bits per heavy atom. The summed E-state index contributed by atoms with van der Waals surface area (Å²) < 4.78 is 0. The van der Waals surface area contributed by atoms with Crippen LogP contribution in [0.2, 0.25) is 11.1 Å². The van der Waals surface area contributed by atoms with Crippen molar-refractivity contribution in [2.24, 2.45) is 0 Å². The molecule has 0 nitrogen and oxygen atoms in total. The highest BCUT2D eigenvalue weighted by Gasteiger charge is 2.29. The molecule has 0 atom stereocenters. The van der Waals surface area contributed by atoms with Gasteiger partial charge in [0.05, 0.1) is 0 Å². The topological polar surface area (TPSA) is 0 Å². The molecule has 0 radical (unpaired) electrons. The Labute approximate surface area is 141 Å². The predicted octanol–water partition coefficient (Wildman–Crippen LogP) is 7.44. The van der Waals surface area contributed by atoms with E-state index in [1.165, 1.54) is 116 Å². The number of rotatable bonds is 2. The summed E-state index contributed by atoms with van der Waals surface area (Å²) in [6.07, 6.45) is 27.2. The molecule has 0 saturated heterocycles. The van der Waals surface area contributed by atoms with Crippen LogP contribution in [0.5, 0.6) is 0 Å². The van der Waals surface area contributed by atoms with Gasteiger partial charge in [-0.05, 0) is 0 Å². The zero-order chi connectivity index (χ0) is 15.5. The molecule has 0 unspecified atom stereocenters. The molecule has 0 bridgehead atoms. The Hall–Kier alpha value is 0.0649. The van der Waals surface area contributed by atoms with Crippen LogP contribution in [0.25, 0.3) is 0 Å². The van der Waals surface area contributed by atoms with Gasteiger partial charge in [-0.1, -0.05) is 134 Å². The highest BCUT2D eigenvalue weighted by atomic mass is 14.2. The second-order valence-corrected chi connectivity index (χ2v) is 8.91. The molecule has 2 aliphatic carbocycles. The Balaban J connectivity index is 1.84. The van der Waals surface area contributed by atoms with Gasteiger partial charge in [-0.15, -0.1) is 0 Å². The van der Waals surface area contributed by atoms with Gasteiger partial charge < -0.3 is 0 Å². The Bertz CT molecular complexity index is 253. The van der Waals surface area contributed by atoms with E-state index in [0.717, 1.165) is 5.82 Å². The van der Waals surface area contributed by atoms with Crippen LogP contribution in [-0.2, 0) is 0 Å². The fourth-order valence-corrected chi connectivity index (χ4v) is 5.11. The monoisotopic (exact) mass is 304 g/mol. The molecule has 0 heterocycles. The van der Waals surface area contributed by atoms with Crippen LogP contribution in [0.4, 0.5) is 0 Å². The van der Waals surface area contributed by atoms with Crippen LogP contribution in [0, 0.1) is 0 Å². The van der Waals surface area contributed by atoms with E-state index in [-0.39, 0.29) is 0 Å². The lowest BCUT2D eigenvalue weighted by atomic mass is 9.42. The Morgan fingerprint density at radius 3 is 1.36 bits per heavy atom. The zero-order valence-electron chi connectivity index (χ0n) is 15.5. The maximum absolute atomic E-state index is 2.65. The molecule has 128 valence electrons. The van der Waals surface area contributed by atoms with Gasteiger partial charge in [0, 0.05) is 0 Å². The van der Waals surface area contributed by atoms with Crippen molar-refractivity contribution in [2.45, 2.75) is 134 Å². The molecule has 0 amide bonds. The fourth-order valence-electron chi connectivity index (χ4n) is 5.11. The molecule has 0 aromatic carbocycles. The van der Waals surface area contributed by atoms with Crippen LogP contribution in [-0.4, -0.2) is 7.28 Å². The molecule has 2 rings (SSSR count). The summed E-state index contributed by atoms with van der Waals surface area (Å²) in [6.45, 7) is 2.65. The number of hydrogen-bond acceptors (Lipinski definition) is 0. The third-order valence-electron chi connectivity index (χ3n) is 6.57. The largest absolute Gasteiger partial charge is 0.131 e. The van der Waals surface area contributed by atoms with Crippen LogP contribution < -0.4 is 0 Å². The number of hydrogen-bond donors (Lipinski definition) is 0. The fraction of sp³-hybridized carbons (Fsp3) is 1.00. The van der Waals surface area contributed by atoms with E-state index in [4.69, 9.17) is 0 Å². The van der Waals surface area contributed by atoms with Crippen molar-refractivity contribution in [3.05, 3.63) is 0 Å². The van der Waals surface area contributed by atoms with E-state index < -0.39 is 0 Å². The average Bonchev–Trinajstić information content (AvgIpc) is 2.52. The molecule has 0 aromatic heterocycles. The minimum Gasteiger partial charge on any atom is -0.0666 e. The van der Waals surface area contributed by atoms with Gasteiger partial charge in [-0.3, -0.25) is 0 Å². The summed E-state index contributed by atoms with van der Waals surface area (Å²) in [6, 6.07) is 0. The lowest BCUT2D eigenvalue weighted by molar-refractivity contribution is 0.416. The summed E-state index contributed by atoms with van der Waals surface area (Å²) in [5.41, 5.74) is 0. The smallest absolute Gasteiger partial charge is 0.0666 e. The van der Waals surface area contributed by atoms with Crippen LogP contribution >= 0.6 is 0 Å². The molecule has 0 spiro atoms. The molecule has 2 saturated carbocycles. The molecule has 2 fully saturated rings. The molecule has 22 heavy (non-hydrogen) atoms. The molecule has 0 N–H and O–H groups in total. The molecular weight excluding hydrogens is 263 g/mol. The van der Waals surface area contributed by atoms with Crippen molar-refractivity contribution in [2.75, 3.05) is 0 Å². The van der Waals surface area contributed by atoms with Crippen molar-refractivity contribution in [3.63, 3.8) is 0 Å². The van der Waals surface area contributed by atoms with Gasteiger partial charge in [-0.25, -0.2) is 0 Å². The highest BCUT2D eigenvalue weighted by molar-refractivity contribution is 6.41. The standard InChI is InChI=1S/C21H41B/c1-21(18-14-10-6-3-7-11-15-19-21)22-20-16-12-8-4-2-5-9-13-17-20/h20,22H,2-19H2,1H3. The molecule has 0 aromatic rings. The maximum atomic E-state index is 2.65. The summed E-state index contributed by atoms with van der Waals surface area (Å²) >= 11 is 0. The van der Waals surface area contributed by atoms with Crippen molar-refractivity contribution < 1.29 is 0 Å². The summed E-state index contributed by atoms with van der Waals surface area (Å²) in [5, 5.41) is 0.673. The van der Waals surface area contributed by atoms with E-state index in [2.05, 4.69) is 6.92 Å². The van der Waals surface area contributed by atoms with Crippen molar-refractivity contribution in [1.29, 1.82) is 0 Å². The Kier molecular flexibility index (Phi) is 9.01. The lowest BCUT2D eigenvalue weighted by Crippen LogP contribution is -2.22. The van der Waals surface area contributed by atoms with Gasteiger partial charge >= 0.3 is 0 Å². The van der Waals surface area contributed by atoms with Gasteiger partial charge in [0.25, 0.3) is 0 Å². The average molecular weight is 304 g/mol.